The summed E-state index contributed by atoms with van der Waals surface area (Å²) in [6.45, 7) is 6.21. The topological polar surface area (TPSA) is 39.7 Å². The van der Waals surface area contributed by atoms with Gasteiger partial charge in [0.2, 0.25) is 0 Å². The van der Waals surface area contributed by atoms with Crippen molar-refractivity contribution in [1.29, 1.82) is 0 Å². The molecule has 1 unspecified atom stereocenters. The predicted molar refractivity (Wildman–Crippen MR) is 51.8 cm³/mol. The molecule has 80 valence electrons. The minimum absolute atomic E-state index is 0.177. The monoisotopic (exact) mass is 191 g/mol. The van der Waals surface area contributed by atoms with Crippen LogP contribution in [0.4, 0.5) is 0 Å². The van der Waals surface area contributed by atoms with E-state index in [1.807, 2.05) is 6.92 Å². The van der Waals surface area contributed by atoms with E-state index >= 15 is 0 Å². The van der Waals surface area contributed by atoms with E-state index in [2.05, 4.69) is 12.2 Å². The minimum Gasteiger partial charge on any atom is -0.380 e. The van der Waals surface area contributed by atoms with Crippen molar-refractivity contribution in [3.63, 3.8) is 0 Å². The van der Waals surface area contributed by atoms with Crippen molar-refractivity contribution in [2.75, 3.05) is 34.0 Å². The fraction of sp³-hybridized carbons (Fsp3) is 1.00. The quantitative estimate of drug-likeness (QED) is 0.571. The maximum atomic E-state index is 5.25. The fourth-order valence-corrected chi connectivity index (χ4v) is 0.914. The molecule has 4 nitrogen and oxygen atoms in total. The van der Waals surface area contributed by atoms with Crippen LogP contribution in [0.25, 0.3) is 0 Å². The molecule has 1 atom stereocenters. The largest absolute Gasteiger partial charge is 0.380 e. The fourth-order valence-electron chi connectivity index (χ4n) is 0.914. The standard InChI is InChI=1S/C9H21NO3/c1-5-13-7-8(2)10-6-9(11-3)12-4/h8-10H,5-7H2,1-4H3. The SMILES string of the molecule is CCOCC(C)NCC(OC)OC. The highest BCUT2D eigenvalue weighted by molar-refractivity contribution is 4.60. The molecule has 0 saturated heterocycles. The highest BCUT2D eigenvalue weighted by atomic mass is 16.7. The van der Waals surface area contributed by atoms with Crippen LogP contribution >= 0.6 is 0 Å². The van der Waals surface area contributed by atoms with E-state index in [9.17, 15) is 0 Å². The molecule has 0 aromatic rings. The van der Waals surface area contributed by atoms with Gasteiger partial charge in [-0.15, -0.1) is 0 Å². The summed E-state index contributed by atoms with van der Waals surface area (Å²) in [6.07, 6.45) is -0.177. The molecule has 0 bridgehead atoms. The van der Waals surface area contributed by atoms with Gasteiger partial charge in [-0.05, 0) is 13.8 Å². The van der Waals surface area contributed by atoms with Crippen LogP contribution in [0, 0.1) is 0 Å². The number of methoxy groups -OCH3 is 2. The van der Waals surface area contributed by atoms with Gasteiger partial charge in [-0.2, -0.15) is 0 Å². The summed E-state index contributed by atoms with van der Waals surface area (Å²) < 4.78 is 15.3. The molecule has 13 heavy (non-hydrogen) atoms. The molecule has 0 saturated carbocycles. The van der Waals surface area contributed by atoms with Gasteiger partial charge in [-0.25, -0.2) is 0 Å². The highest BCUT2D eigenvalue weighted by Crippen LogP contribution is 1.90. The Kier molecular flexibility index (Phi) is 8.33. The Morgan fingerprint density at radius 2 is 1.85 bits per heavy atom. The van der Waals surface area contributed by atoms with Crippen molar-refractivity contribution in [2.24, 2.45) is 0 Å². The Labute approximate surface area is 80.5 Å². The summed E-state index contributed by atoms with van der Waals surface area (Å²) in [6, 6.07) is 0.327. The summed E-state index contributed by atoms with van der Waals surface area (Å²) in [7, 11) is 3.26. The summed E-state index contributed by atoms with van der Waals surface area (Å²) in [5.74, 6) is 0. The van der Waals surface area contributed by atoms with Crippen LogP contribution in [0.15, 0.2) is 0 Å². The molecule has 0 amide bonds. The van der Waals surface area contributed by atoms with E-state index < -0.39 is 0 Å². The second kappa shape index (κ2) is 8.44. The highest BCUT2D eigenvalue weighted by Gasteiger charge is 2.07. The summed E-state index contributed by atoms with van der Waals surface area (Å²) in [5.41, 5.74) is 0. The number of hydrogen-bond acceptors (Lipinski definition) is 4. The first-order valence-corrected chi connectivity index (χ1v) is 4.61. The van der Waals surface area contributed by atoms with E-state index in [0.29, 0.717) is 12.6 Å². The zero-order valence-electron chi connectivity index (χ0n) is 9.00. The van der Waals surface area contributed by atoms with Gasteiger partial charge in [0.25, 0.3) is 0 Å². The van der Waals surface area contributed by atoms with Crippen molar-refractivity contribution < 1.29 is 14.2 Å². The minimum atomic E-state index is -0.177. The normalized spacial score (nSPS) is 13.6. The smallest absolute Gasteiger partial charge is 0.169 e. The maximum Gasteiger partial charge on any atom is 0.169 e. The lowest BCUT2D eigenvalue weighted by molar-refractivity contribution is -0.100. The average Bonchev–Trinajstić information content (AvgIpc) is 2.16. The van der Waals surface area contributed by atoms with Crippen molar-refractivity contribution >= 4 is 0 Å². The van der Waals surface area contributed by atoms with E-state index in [0.717, 1.165) is 13.2 Å². The van der Waals surface area contributed by atoms with Gasteiger partial charge >= 0.3 is 0 Å². The lowest BCUT2D eigenvalue weighted by Gasteiger charge is -2.18. The number of rotatable bonds is 8. The lowest BCUT2D eigenvalue weighted by atomic mass is 10.3. The van der Waals surface area contributed by atoms with Gasteiger partial charge < -0.3 is 19.5 Å². The van der Waals surface area contributed by atoms with E-state index in [1.54, 1.807) is 14.2 Å². The van der Waals surface area contributed by atoms with Crippen molar-refractivity contribution in [3.8, 4) is 0 Å². The predicted octanol–water partition coefficient (Wildman–Crippen LogP) is 0.620. The molecule has 0 aliphatic rings. The molecule has 0 aromatic carbocycles. The Hall–Kier alpha value is -0.160. The second-order valence-corrected chi connectivity index (χ2v) is 2.87. The molecule has 0 rings (SSSR count). The van der Waals surface area contributed by atoms with Crippen LogP contribution in [0.1, 0.15) is 13.8 Å². The van der Waals surface area contributed by atoms with Gasteiger partial charge in [-0.1, -0.05) is 0 Å². The Balaban J connectivity index is 3.38. The average molecular weight is 191 g/mol. The summed E-state index contributed by atoms with van der Waals surface area (Å²) in [4.78, 5) is 0. The molecular weight excluding hydrogens is 170 g/mol. The lowest BCUT2D eigenvalue weighted by Crippen LogP contribution is -2.38. The molecule has 0 aliphatic carbocycles. The molecule has 4 heteroatoms. The molecule has 0 fully saturated rings. The maximum absolute atomic E-state index is 5.25. The molecule has 0 aromatic heterocycles. The van der Waals surface area contributed by atoms with E-state index in [4.69, 9.17) is 14.2 Å². The summed E-state index contributed by atoms with van der Waals surface area (Å²) >= 11 is 0. The third-order valence-electron chi connectivity index (χ3n) is 1.73. The van der Waals surface area contributed by atoms with Crippen LogP contribution in [0.3, 0.4) is 0 Å². The number of hydrogen-bond donors (Lipinski definition) is 1. The first-order chi connectivity index (χ1) is 6.24. The third-order valence-corrected chi connectivity index (χ3v) is 1.73. The van der Waals surface area contributed by atoms with Crippen LogP contribution in [-0.2, 0) is 14.2 Å². The zero-order chi connectivity index (χ0) is 10.1. The molecule has 1 N–H and O–H groups in total. The zero-order valence-corrected chi connectivity index (χ0v) is 9.00. The van der Waals surface area contributed by atoms with Gasteiger partial charge in [0.1, 0.15) is 0 Å². The van der Waals surface area contributed by atoms with E-state index in [1.165, 1.54) is 0 Å². The Morgan fingerprint density at radius 3 is 2.31 bits per heavy atom. The van der Waals surface area contributed by atoms with Crippen LogP contribution in [0.2, 0.25) is 0 Å². The van der Waals surface area contributed by atoms with Crippen molar-refractivity contribution in [3.05, 3.63) is 0 Å². The van der Waals surface area contributed by atoms with Gasteiger partial charge in [0.15, 0.2) is 6.29 Å². The van der Waals surface area contributed by atoms with Gasteiger partial charge in [-0.3, -0.25) is 0 Å². The van der Waals surface area contributed by atoms with Crippen LogP contribution in [0.5, 0.6) is 0 Å². The van der Waals surface area contributed by atoms with Crippen molar-refractivity contribution in [2.45, 2.75) is 26.2 Å². The van der Waals surface area contributed by atoms with Gasteiger partial charge in [0, 0.05) is 33.4 Å². The van der Waals surface area contributed by atoms with Crippen molar-refractivity contribution in [1.82, 2.24) is 5.32 Å². The molecule has 0 radical (unpaired) electrons. The first-order valence-electron chi connectivity index (χ1n) is 4.61. The van der Waals surface area contributed by atoms with Crippen LogP contribution < -0.4 is 5.32 Å². The summed E-state index contributed by atoms with van der Waals surface area (Å²) in [5, 5.41) is 3.24. The molecule has 0 spiro atoms. The number of nitrogens with one attached hydrogen (secondary N) is 1. The molecule has 0 aliphatic heterocycles. The second-order valence-electron chi connectivity index (χ2n) is 2.87. The van der Waals surface area contributed by atoms with E-state index in [-0.39, 0.29) is 6.29 Å². The molecular formula is C9H21NO3. The van der Waals surface area contributed by atoms with Gasteiger partial charge in [0.05, 0.1) is 6.61 Å². The third kappa shape index (κ3) is 6.95. The molecule has 0 heterocycles. The Morgan fingerprint density at radius 1 is 1.23 bits per heavy atom. The Bertz CT molecular complexity index is 107. The number of ether oxygens (including phenoxy) is 3. The van der Waals surface area contributed by atoms with Crippen LogP contribution in [-0.4, -0.2) is 46.3 Å². The first kappa shape index (κ1) is 12.8.